The molecule has 0 aromatic carbocycles. The zero-order valence-corrected chi connectivity index (χ0v) is 9.03. The van der Waals surface area contributed by atoms with E-state index in [0.717, 1.165) is 0 Å². The Bertz CT molecular complexity index is 268. The topological polar surface area (TPSA) is 104 Å². The molecule has 0 saturated carbocycles. The first-order valence-corrected chi connectivity index (χ1v) is 4.87. The number of hydrogen-bond acceptors (Lipinski definition) is 4. The first-order valence-electron chi connectivity index (χ1n) is 4.24. The number of thiol groups is 1. The summed E-state index contributed by atoms with van der Waals surface area (Å²) >= 11 is 3.87. The van der Waals surface area contributed by atoms with Gasteiger partial charge in [0.2, 0.25) is 5.91 Å². The normalized spacial score (nSPS) is 14.0. The predicted octanol–water partition coefficient (Wildman–Crippen LogP) is -0.404. The van der Waals surface area contributed by atoms with Crippen molar-refractivity contribution in [3.05, 3.63) is 0 Å². The Morgan fingerprint density at radius 2 is 1.87 bits per heavy atom. The van der Waals surface area contributed by atoms with Crippen LogP contribution in [0.2, 0.25) is 0 Å². The molecule has 0 fully saturated rings. The van der Waals surface area contributed by atoms with Crippen LogP contribution < -0.4 is 5.32 Å². The van der Waals surface area contributed by atoms with Crippen molar-refractivity contribution >= 4 is 30.5 Å². The minimum absolute atomic E-state index is 0.269. The van der Waals surface area contributed by atoms with E-state index in [1.165, 1.54) is 0 Å². The van der Waals surface area contributed by atoms with Gasteiger partial charge in [0.05, 0.1) is 6.42 Å². The van der Waals surface area contributed by atoms with Gasteiger partial charge in [-0.3, -0.25) is 9.59 Å². The summed E-state index contributed by atoms with van der Waals surface area (Å²) in [6.45, 7) is 1.57. The molecule has 0 aromatic heterocycles. The fraction of sp³-hybridized carbons (Fsp3) is 0.625. The lowest BCUT2D eigenvalue weighted by molar-refractivity contribution is -0.147. The second kappa shape index (κ2) is 6.28. The molecule has 1 amide bonds. The molecule has 0 heterocycles. The van der Waals surface area contributed by atoms with Crippen molar-refractivity contribution in [2.75, 3.05) is 5.75 Å². The summed E-state index contributed by atoms with van der Waals surface area (Å²) in [5.74, 6) is -3.34. The zero-order chi connectivity index (χ0) is 12.0. The number of aliphatic carboxylic acids is 2. The van der Waals surface area contributed by atoms with Crippen molar-refractivity contribution < 1.29 is 24.6 Å². The van der Waals surface area contributed by atoms with E-state index in [-0.39, 0.29) is 5.75 Å². The number of carbonyl (C=O) groups excluding carboxylic acids is 1. The van der Waals surface area contributed by atoms with E-state index < -0.39 is 36.2 Å². The largest absolute Gasteiger partial charge is 0.481 e. The minimum atomic E-state index is -1.39. The van der Waals surface area contributed by atoms with Gasteiger partial charge in [0.15, 0.2) is 0 Å². The molecule has 0 spiro atoms. The fourth-order valence-corrected chi connectivity index (χ4v) is 0.937. The van der Waals surface area contributed by atoms with Crippen LogP contribution in [0, 0.1) is 5.92 Å². The summed E-state index contributed by atoms with van der Waals surface area (Å²) in [6.07, 6.45) is -0.639. The van der Waals surface area contributed by atoms with Crippen LogP contribution in [-0.4, -0.2) is 39.9 Å². The van der Waals surface area contributed by atoms with Crippen LogP contribution in [0.5, 0.6) is 0 Å². The molecule has 0 saturated heterocycles. The number of carboxylic acids is 2. The van der Waals surface area contributed by atoms with Gasteiger partial charge >= 0.3 is 11.9 Å². The number of nitrogens with one attached hydrogen (secondary N) is 1. The Morgan fingerprint density at radius 1 is 1.33 bits per heavy atom. The van der Waals surface area contributed by atoms with Crippen LogP contribution >= 0.6 is 12.6 Å². The number of carboxylic acid groups (broad SMARTS) is 2. The van der Waals surface area contributed by atoms with Crippen LogP contribution in [-0.2, 0) is 14.4 Å². The van der Waals surface area contributed by atoms with Gasteiger partial charge in [0, 0.05) is 11.7 Å². The van der Waals surface area contributed by atoms with Crippen LogP contribution in [0.3, 0.4) is 0 Å². The number of amides is 1. The van der Waals surface area contributed by atoms with E-state index in [2.05, 4.69) is 17.9 Å². The van der Waals surface area contributed by atoms with Crippen molar-refractivity contribution in [3.8, 4) is 0 Å². The molecule has 0 radical (unpaired) electrons. The van der Waals surface area contributed by atoms with E-state index >= 15 is 0 Å². The molecule has 3 N–H and O–H groups in total. The smallest absolute Gasteiger partial charge is 0.326 e. The highest BCUT2D eigenvalue weighted by Gasteiger charge is 2.24. The summed E-state index contributed by atoms with van der Waals surface area (Å²) in [5.41, 5.74) is 0. The molecule has 0 aliphatic carbocycles. The number of hydrogen-bond donors (Lipinski definition) is 4. The maximum Gasteiger partial charge on any atom is 0.326 e. The van der Waals surface area contributed by atoms with Gasteiger partial charge in [-0.05, 0) is 0 Å². The van der Waals surface area contributed by atoms with Crippen molar-refractivity contribution in [1.29, 1.82) is 0 Å². The van der Waals surface area contributed by atoms with Crippen LogP contribution in [0.1, 0.15) is 13.3 Å². The number of rotatable bonds is 6. The lowest BCUT2D eigenvalue weighted by Gasteiger charge is -2.14. The average Bonchev–Trinajstić information content (AvgIpc) is 2.14. The van der Waals surface area contributed by atoms with Gasteiger partial charge in [-0.25, -0.2) is 4.79 Å². The molecule has 0 rings (SSSR count). The Hall–Kier alpha value is -1.24. The van der Waals surface area contributed by atoms with E-state index in [1.54, 1.807) is 6.92 Å². The van der Waals surface area contributed by atoms with Crippen LogP contribution in [0.4, 0.5) is 0 Å². The molecule has 0 aliphatic rings. The second-order valence-corrected chi connectivity index (χ2v) is 3.45. The van der Waals surface area contributed by atoms with Gasteiger partial charge < -0.3 is 15.5 Å². The highest BCUT2D eigenvalue weighted by atomic mass is 32.1. The lowest BCUT2D eigenvalue weighted by Crippen LogP contribution is -2.44. The highest BCUT2D eigenvalue weighted by molar-refractivity contribution is 7.80. The molecular weight excluding hydrogens is 222 g/mol. The lowest BCUT2D eigenvalue weighted by atomic mass is 10.1. The monoisotopic (exact) mass is 235 g/mol. The fourth-order valence-electron chi connectivity index (χ4n) is 0.772. The second-order valence-electron chi connectivity index (χ2n) is 3.08. The van der Waals surface area contributed by atoms with Gasteiger partial charge in [-0.15, -0.1) is 0 Å². The molecule has 6 nitrogen and oxygen atoms in total. The number of carbonyl (C=O) groups is 3. The molecule has 1 unspecified atom stereocenters. The summed E-state index contributed by atoms with van der Waals surface area (Å²) in [6, 6.07) is -1.39. The third kappa shape index (κ3) is 5.26. The standard InChI is InChI=1S/C8H13NO5S/c1-4(3-15)7(12)9-5(8(13)14)2-6(10)11/h4-5,15H,2-3H2,1H3,(H,9,12)(H,10,11)(H,13,14)/t4?,5-/m0/s1. The highest BCUT2D eigenvalue weighted by Crippen LogP contribution is 2.00. The van der Waals surface area contributed by atoms with Crippen LogP contribution in [0.15, 0.2) is 0 Å². The summed E-state index contributed by atoms with van der Waals surface area (Å²) < 4.78 is 0. The maximum atomic E-state index is 11.3. The van der Waals surface area contributed by atoms with E-state index in [0.29, 0.717) is 0 Å². The van der Waals surface area contributed by atoms with Crippen molar-refractivity contribution in [2.45, 2.75) is 19.4 Å². The van der Waals surface area contributed by atoms with Crippen molar-refractivity contribution in [1.82, 2.24) is 5.32 Å². The third-order valence-electron chi connectivity index (χ3n) is 1.71. The van der Waals surface area contributed by atoms with Gasteiger partial charge in [0.1, 0.15) is 6.04 Å². The Morgan fingerprint density at radius 3 is 2.20 bits per heavy atom. The first-order chi connectivity index (χ1) is 6.88. The zero-order valence-electron chi connectivity index (χ0n) is 8.14. The van der Waals surface area contributed by atoms with E-state index in [9.17, 15) is 14.4 Å². The molecule has 7 heteroatoms. The average molecular weight is 235 g/mol. The van der Waals surface area contributed by atoms with Crippen LogP contribution in [0.25, 0.3) is 0 Å². The van der Waals surface area contributed by atoms with Crippen molar-refractivity contribution in [3.63, 3.8) is 0 Å². The summed E-state index contributed by atoms with van der Waals surface area (Å²) in [7, 11) is 0. The van der Waals surface area contributed by atoms with E-state index in [1.807, 2.05) is 0 Å². The Balaban J connectivity index is 4.35. The molecule has 0 aromatic rings. The predicted molar refractivity (Wildman–Crippen MR) is 54.8 cm³/mol. The van der Waals surface area contributed by atoms with Crippen molar-refractivity contribution in [2.24, 2.45) is 5.92 Å². The van der Waals surface area contributed by atoms with Gasteiger partial charge in [0.25, 0.3) is 0 Å². The summed E-state index contributed by atoms with van der Waals surface area (Å²) in [5, 5.41) is 19.2. The third-order valence-corrected chi connectivity index (χ3v) is 2.26. The Kier molecular flexibility index (Phi) is 5.76. The molecule has 0 bridgehead atoms. The molecular formula is C8H13NO5S. The maximum absolute atomic E-state index is 11.3. The minimum Gasteiger partial charge on any atom is -0.481 e. The molecule has 2 atom stereocenters. The van der Waals surface area contributed by atoms with Gasteiger partial charge in [-0.1, -0.05) is 6.92 Å². The molecule has 15 heavy (non-hydrogen) atoms. The SMILES string of the molecule is CC(CS)C(=O)N[C@@H](CC(=O)O)C(=O)O. The first kappa shape index (κ1) is 13.8. The molecule has 0 aliphatic heterocycles. The summed E-state index contributed by atoms with van der Waals surface area (Å²) in [4.78, 5) is 32.1. The Labute approximate surface area is 92.1 Å². The molecule has 86 valence electrons. The van der Waals surface area contributed by atoms with E-state index in [4.69, 9.17) is 10.2 Å². The van der Waals surface area contributed by atoms with Gasteiger partial charge in [-0.2, -0.15) is 12.6 Å². The quantitative estimate of drug-likeness (QED) is 0.469.